The van der Waals surface area contributed by atoms with Crippen LogP contribution in [0.3, 0.4) is 0 Å². The molecule has 13 heavy (non-hydrogen) atoms. The summed E-state index contributed by atoms with van der Waals surface area (Å²) in [7, 11) is 0. The molecule has 1 rings (SSSR count). The Kier molecular flexibility index (Phi) is 2.79. The average molecular weight is 181 g/mol. The molecule has 0 atom stereocenters. The Balaban J connectivity index is 2.98. The van der Waals surface area contributed by atoms with Crippen LogP contribution < -0.4 is 5.32 Å². The number of rotatable bonds is 3. The van der Waals surface area contributed by atoms with Crippen LogP contribution in [0.2, 0.25) is 0 Å². The van der Waals surface area contributed by atoms with E-state index in [1.54, 1.807) is 0 Å². The van der Waals surface area contributed by atoms with Gasteiger partial charge in [0.1, 0.15) is 0 Å². The van der Waals surface area contributed by atoms with Crippen molar-refractivity contribution in [3.8, 4) is 0 Å². The molecule has 0 bridgehead atoms. The van der Waals surface area contributed by atoms with Crippen molar-refractivity contribution in [2.45, 2.75) is 19.9 Å². The number of hydrogen-bond donors (Lipinski definition) is 2. The molecule has 1 aromatic heterocycles. The lowest BCUT2D eigenvalue weighted by molar-refractivity contribution is 0.0691. The number of carboxylic acid groups (broad SMARTS) is 1. The Morgan fingerprint density at radius 2 is 2.08 bits per heavy atom. The topological polar surface area (TPSA) is 75.1 Å². The molecular weight excluding hydrogens is 170 g/mol. The first-order valence-corrected chi connectivity index (χ1v) is 3.92. The molecule has 5 nitrogen and oxygen atoms in total. The highest BCUT2D eigenvalue weighted by molar-refractivity contribution is 5.90. The van der Waals surface area contributed by atoms with Crippen molar-refractivity contribution >= 4 is 11.8 Å². The second-order valence-corrected chi connectivity index (χ2v) is 2.86. The van der Waals surface area contributed by atoms with Gasteiger partial charge in [0.05, 0.1) is 0 Å². The number of nitrogens with zero attached hydrogens (tertiary/aromatic N) is 2. The van der Waals surface area contributed by atoms with Crippen LogP contribution in [0.15, 0.2) is 12.4 Å². The van der Waals surface area contributed by atoms with Gasteiger partial charge in [0.2, 0.25) is 0 Å². The molecule has 0 amide bonds. The number of aromatic nitrogens is 2. The normalized spacial score (nSPS) is 10.1. The van der Waals surface area contributed by atoms with Gasteiger partial charge in [0.15, 0.2) is 11.5 Å². The second-order valence-electron chi connectivity index (χ2n) is 2.86. The molecule has 1 heterocycles. The van der Waals surface area contributed by atoms with E-state index in [0.717, 1.165) is 0 Å². The predicted octanol–water partition coefficient (Wildman–Crippen LogP) is 0.995. The number of hydrogen-bond acceptors (Lipinski definition) is 4. The summed E-state index contributed by atoms with van der Waals surface area (Å²) in [4.78, 5) is 18.3. The van der Waals surface area contributed by atoms with Gasteiger partial charge in [-0.15, -0.1) is 0 Å². The first-order chi connectivity index (χ1) is 6.11. The summed E-state index contributed by atoms with van der Waals surface area (Å²) < 4.78 is 0. The van der Waals surface area contributed by atoms with Crippen LogP contribution in [0.1, 0.15) is 24.3 Å². The molecule has 0 saturated heterocycles. The fraction of sp³-hybridized carbons (Fsp3) is 0.375. The highest BCUT2D eigenvalue weighted by Crippen LogP contribution is 2.08. The van der Waals surface area contributed by atoms with E-state index in [1.807, 2.05) is 13.8 Å². The minimum atomic E-state index is -1.07. The van der Waals surface area contributed by atoms with Crippen LogP contribution in [-0.2, 0) is 0 Å². The first-order valence-electron chi connectivity index (χ1n) is 3.92. The van der Waals surface area contributed by atoms with Gasteiger partial charge in [-0.25, -0.2) is 14.8 Å². The maximum atomic E-state index is 10.7. The first kappa shape index (κ1) is 9.44. The van der Waals surface area contributed by atoms with Gasteiger partial charge in [0.25, 0.3) is 0 Å². The van der Waals surface area contributed by atoms with E-state index in [-0.39, 0.29) is 11.7 Å². The van der Waals surface area contributed by atoms with Gasteiger partial charge >= 0.3 is 5.97 Å². The Morgan fingerprint density at radius 3 is 2.62 bits per heavy atom. The summed E-state index contributed by atoms with van der Waals surface area (Å²) >= 11 is 0. The van der Waals surface area contributed by atoms with Crippen molar-refractivity contribution in [2.75, 3.05) is 5.32 Å². The minimum Gasteiger partial charge on any atom is -0.476 e. The van der Waals surface area contributed by atoms with Gasteiger partial charge in [0, 0.05) is 18.4 Å². The van der Waals surface area contributed by atoms with Crippen molar-refractivity contribution in [1.29, 1.82) is 0 Å². The molecule has 0 spiro atoms. The van der Waals surface area contributed by atoms with Crippen LogP contribution in [0.25, 0.3) is 0 Å². The van der Waals surface area contributed by atoms with E-state index in [1.165, 1.54) is 12.4 Å². The maximum Gasteiger partial charge on any atom is 0.358 e. The summed E-state index contributed by atoms with van der Waals surface area (Å²) in [6, 6.07) is 0.134. The van der Waals surface area contributed by atoms with Crippen molar-refractivity contribution in [3.63, 3.8) is 0 Å². The van der Waals surface area contributed by atoms with Crippen LogP contribution in [-0.4, -0.2) is 27.1 Å². The number of anilines is 1. The highest BCUT2D eigenvalue weighted by atomic mass is 16.4. The molecule has 0 saturated carbocycles. The lowest BCUT2D eigenvalue weighted by Gasteiger charge is -2.09. The summed E-state index contributed by atoms with van der Waals surface area (Å²) in [5.41, 5.74) is -0.0452. The Labute approximate surface area is 75.8 Å². The van der Waals surface area contributed by atoms with Gasteiger partial charge in [-0.05, 0) is 13.8 Å². The maximum absolute atomic E-state index is 10.7. The van der Waals surface area contributed by atoms with Crippen LogP contribution in [0.5, 0.6) is 0 Å². The summed E-state index contributed by atoms with van der Waals surface area (Å²) in [5, 5.41) is 11.6. The fourth-order valence-corrected chi connectivity index (χ4v) is 0.874. The molecule has 0 unspecified atom stereocenters. The summed E-state index contributed by atoms with van der Waals surface area (Å²) in [6.07, 6.45) is 2.81. The Morgan fingerprint density at radius 1 is 1.46 bits per heavy atom. The smallest absolute Gasteiger partial charge is 0.358 e. The molecule has 1 aromatic rings. The molecule has 0 fully saturated rings. The zero-order chi connectivity index (χ0) is 9.84. The average Bonchev–Trinajstić information content (AvgIpc) is 2.03. The van der Waals surface area contributed by atoms with Crippen LogP contribution in [0.4, 0.5) is 5.82 Å². The zero-order valence-electron chi connectivity index (χ0n) is 7.48. The van der Waals surface area contributed by atoms with E-state index in [2.05, 4.69) is 15.3 Å². The van der Waals surface area contributed by atoms with Crippen molar-refractivity contribution < 1.29 is 9.90 Å². The van der Waals surface area contributed by atoms with Gasteiger partial charge < -0.3 is 10.4 Å². The Hall–Kier alpha value is -1.65. The minimum absolute atomic E-state index is 0.0452. The number of carboxylic acids is 1. The molecule has 5 heteroatoms. The van der Waals surface area contributed by atoms with E-state index >= 15 is 0 Å². The number of nitrogens with one attached hydrogen (secondary N) is 1. The van der Waals surface area contributed by atoms with Gasteiger partial charge in [-0.1, -0.05) is 0 Å². The zero-order valence-corrected chi connectivity index (χ0v) is 7.48. The fourth-order valence-electron chi connectivity index (χ4n) is 0.874. The number of aromatic carboxylic acids is 1. The van der Waals surface area contributed by atoms with E-state index in [0.29, 0.717) is 5.82 Å². The third-order valence-corrected chi connectivity index (χ3v) is 1.33. The van der Waals surface area contributed by atoms with Crippen molar-refractivity contribution in [2.24, 2.45) is 0 Å². The Bertz CT molecular complexity index is 312. The third kappa shape index (κ3) is 2.40. The van der Waals surface area contributed by atoms with Crippen molar-refractivity contribution in [3.05, 3.63) is 18.1 Å². The van der Waals surface area contributed by atoms with Crippen LogP contribution >= 0.6 is 0 Å². The predicted molar refractivity (Wildman–Crippen MR) is 47.8 cm³/mol. The molecule has 70 valence electrons. The highest BCUT2D eigenvalue weighted by Gasteiger charge is 2.12. The molecule has 0 aromatic carbocycles. The van der Waals surface area contributed by atoms with E-state index in [4.69, 9.17) is 5.11 Å². The van der Waals surface area contributed by atoms with Crippen molar-refractivity contribution in [1.82, 2.24) is 9.97 Å². The van der Waals surface area contributed by atoms with Gasteiger partial charge in [-0.2, -0.15) is 0 Å². The third-order valence-electron chi connectivity index (χ3n) is 1.33. The van der Waals surface area contributed by atoms with E-state index in [9.17, 15) is 4.79 Å². The lowest BCUT2D eigenvalue weighted by Crippen LogP contribution is -2.15. The van der Waals surface area contributed by atoms with Gasteiger partial charge in [-0.3, -0.25) is 0 Å². The molecule has 0 radical (unpaired) electrons. The molecule has 0 aliphatic heterocycles. The summed E-state index contributed by atoms with van der Waals surface area (Å²) in [5.74, 6) is -0.763. The quantitative estimate of drug-likeness (QED) is 0.727. The monoisotopic (exact) mass is 181 g/mol. The largest absolute Gasteiger partial charge is 0.476 e. The number of carbonyl (C=O) groups is 1. The standard InChI is InChI=1S/C8H11N3O2/c1-5(2)11-7-6(8(12)13)9-3-4-10-7/h3-5H,1-2H3,(H,10,11)(H,12,13). The van der Waals surface area contributed by atoms with E-state index < -0.39 is 5.97 Å². The molecular formula is C8H11N3O2. The molecule has 2 N–H and O–H groups in total. The molecule has 0 aliphatic carbocycles. The second kappa shape index (κ2) is 3.84. The summed E-state index contributed by atoms with van der Waals surface area (Å²) in [6.45, 7) is 3.81. The van der Waals surface area contributed by atoms with Crippen LogP contribution in [0, 0.1) is 0 Å². The lowest BCUT2D eigenvalue weighted by atomic mass is 10.3. The molecule has 0 aliphatic rings. The SMILES string of the molecule is CC(C)Nc1nccnc1C(=O)O.